The number of unbranched alkanes of at least 4 members (excludes halogenated alkanes) is 1. The predicted octanol–water partition coefficient (Wildman–Crippen LogP) is 7.54. The highest BCUT2D eigenvalue weighted by Crippen LogP contribution is 2.32. The lowest BCUT2D eigenvalue weighted by Crippen LogP contribution is -2.18. The maximum absolute atomic E-state index is 5.76. The number of anilines is 2. The van der Waals surface area contributed by atoms with Gasteiger partial charge in [0.1, 0.15) is 5.82 Å². The Morgan fingerprint density at radius 3 is 2.18 bits per heavy atom. The largest absolute Gasteiger partial charge is 0.399 e. The zero-order chi connectivity index (χ0) is 25.0. The number of ether oxygens (including phenoxy) is 1. The lowest BCUT2D eigenvalue weighted by atomic mass is 9.96. The van der Waals surface area contributed by atoms with Crippen LogP contribution in [0.1, 0.15) is 67.1 Å². The van der Waals surface area contributed by atoms with Crippen molar-refractivity contribution >= 4 is 34.4 Å². The van der Waals surface area contributed by atoms with Crippen molar-refractivity contribution < 1.29 is 4.74 Å². The number of rotatable bonds is 7. The molecule has 0 spiro atoms. The second-order valence-corrected chi connectivity index (χ2v) is 9.81. The summed E-state index contributed by atoms with van der Waals surface area (Å²) >= 11 is 1.68. The summed E-state index contributed by atoms with van der Waals surface area (Å²) in [6.07, 6.45) is 2.42. The van der Waals surface area contributed by atoms with Gasteiger partial charge < -0.3 is 19.3 Å². The molecule has 0 fully saturated rings. The van der Waals surface area contributed by atoms with Gasteiger partial charge in [0, 0.05) is 49.0 Å². The molecule has 0 amide bonds. The van der Waals surface area contributed by atoms with E-state index in [2.05, 4.69) is 68.7 Å². The summed E-state index contributed by atoms with van der Waals surface area (Å²) in [6, 6.07) is 14.4. The van der Waals surface area contributed by atoms with Crippen LogP contribution < -0.4 is 10.0 Å². The van der Waals surface area contributed by atoms with Gasteiger partial charge in [-0.25, -0.2) is 4.98 Å². The smallest absolute Gasteiger partial charge is 0.115 e. The van der Waals surface area contributed by atoms with E-state index in [-0.39, 0.29) is 5.41 Å². The molecule has 0 saturated heterocycles. The van der Waals surface area contributed by atoms with Crippen molar-refractivity contribution in [3.05, 3.63) is 48.3 Å². The number of imidazole rings is 1. The summed E-state index contributed by atoms with van der Waals surface area (Å²) in [4.78, 5) is 6.09. The summed E-state index contributed by atoms with van der Waals surface area (Å²) < 4.78 is 9.25. The molecule has 0 bridgehead atoms. The Labute approximate surface area is 205 Å². The topological polar surface area (TPSA) is 56.3 Å². The number of aryl methyl sites for hydroxylation is 1. The van der Waals surface area contributed by atoms with E-state index >= 15 is 0 Å². The van der Waals surface area contributed by atoms with Gasteiger partial charge in [0.2, 0.25) is 0 Å². The van der Waals surface area contributed by atoms with Crippen LogP contribution in [0.3, 0.4) is 0 Å². The number of nitrogen functional groups attached to an aromatic ring is 1. The molecule has 3 aromatic rings. The maximum atomic E-state index is 5.76. The number of methoxy groups -OCH3 is 1. The molecule has 5 nitrogen and oxygen atoms in total. The molecule has 0 aliphatic carbocycles. The van der Waals surface area contributed by atoms with Crippen molar-refractivity contribution in [2.45, 2.75) is 78.2 Å². The van der Waals surface area contributed by atoms with Gasteiger partial charge in [-0.2, -0.15) is 0 Å². The molecule has 0 aliphatic rings. The molecular weight excluding hydrogens is 428 g/mol. The average molecular weight is 473 g/mol. The van der Waals surface area contributed by atoms with E-state index in [0.717, 1.165) is 40.8 Å². The van der Waals surface area contributed by atoms with Crippen molar-refractivity contribution in [2.75, 3.05) is 30.8 Å². The fraction of sp³-hybridized carbons (Fsp3) is 0.519. The van der Waals surface area contributed by atoms with Crippen LogP contribution in [0.5, 0.6) is 0 Å². The summed E-state index contributed by atoms with van der Waals surface area (Å²) in [7, 11) is 3.80. The number of benzene rings is 2. The molecule has 2 N–H and O–H groups in total. The zero-order valence-corrected chi connectivity index (χ0v) is 22.9. The molecule has 0 aliphatic heterocycles. The van der Waals surface area contributed by atoms with Gasteiger partial charge in [0.25, 0.3) is 0 Å². The van der Waals surface area contributed by atoms with Crippen LogP contribution in [0.2, 0.25) is 0 Å². The zero-order valence-electron chi connectivity index (χ0n) is 22.1. The highest BCUT2D eigenvalue weighted by molar-refractivity contribution is 8.00. The summed E-state index contributed by atoms with van der Waals surface area (Å²) in [5.41, 5.74) is 9.96. The van der Waals surface area contributed by atoms with E-state index in [1.54, 1.807) is 19.1 Å². The number of nitrogens with two attached hydrogens (primary N) is 1. The Morgan fingerprint density at radius 2 is 1.70 bits per heavy atom. The van der Waals surface area contributed by atoms with Gasteiger partial charge in [0.05, 0.1) is 11.0 Å². The SMILES string of the molecule is CC.CCCCOC.CCn1c(C(C)(C)C)nc2cc(N(C)Sc3ccc(N)cc3)ccc21. The summed E-state index contributed by atoms with van der Waals surface area (Å²) in [5.74, 6) is 1.14. The minimum atomic E-state index is 0.0276. The number of aromatic nitrogens is 2. The highest BCUT2D eigenvalue weighted by Gasteiger charge is 2.22. The second-order valence-electron chi connectivity index (χ2n) is 8.61. The van der Waals surface area contributed by atoms with E-state index in [9.17, 15) is 0 Å². The lowest BCUT2D eigenvalue weighted by Gasteiger charge is -2.19. The molecular formula is C27H44N4OS. The van der Waals surface area contributed by atoms with Gasteiger partial charge in [-0.1, -0.05) is 48.0 Å². The van der Waals surface area contributed by atoms with Crippen LogP contribution in [-0.4, -0.2) is 30.3 Å². The number of nitrogens with zero attached hydrogens (tertiary/aromatic N) is 3. The summed E-state index contributed by atoms with van der Waals surface area (Å²) in [6.45, 7) is 16.8. The van der Waals surface area contributed by atoms with E-state index in [1.807, 2.05) is 38.1 Å². The van der Waals surface area contributed by atoms with Crippen LogP contribution in [-0.2, 0) is 16.7 Å². The summed E-state index contributed by atoms with van der Waals surface area (Å²) in [5, 5.41) is 0. The predicted molar refractivity (Wildman–Crippen MR) is 147 cm³/mol. The fourth-order valence-electron chi connectivity index (χ4n) is 3.23. The molecule has 1 aromatic heterocycles. The van der Waals surface area contributed by atoms with Crippen molar-refractivity contribution in [1.29, 1.82) is 0 Å². The molecule has 0 unspecified atom stereocenters. The molecule has 2 aromatic carbocycles. The Hall–Kier alpha value is -2.18. The van der Waals surface area contributed by atoms with Crippen molar-refractivity contribution in [2.24, 2.45) is 0 Å². The van der Waals surface area contributed by atoms with E-state index in [1.165, 1.54) is 18.4 Å². The minimum absolute atomic E-state index is 0.0276. The van der Waals surface area contributed by atoms with Crippen LogP contribution in [0.15, 0.2) is 47.4 Å². The number of hydrogen-bond acceptors (Lipinski definition) is 5. The van der Waals surface area contributed by atoms with E-state index in [4.69, 9.17) is 15.5 Å². The maximum Gasteiger partial charge on any atom is 0.115 e. The number of hydrogen-bond donors (Lipinski definition) is 1. The normalized spacial score (nSPS) is 10.8. The molecule has 184 valence electrons. The average Bonchev–Trinajstić information content (AvgIpc) is 3.19. The van der Waals surface area contributed by atoms with Gasteiger partial charge in [-0.05, 0) is 67.8 Å². The standard InChI is InChI=1S/C20H26N4S.C5H12O.C2H6/c1-6-24-18-12-9-15(13-17(18)22-19(24)20(2,3)4)23(5)25-16-10-7-14(21)8-11-16;1-3-4-5-6-2;1-2/h7-13H,6,21H2,1-5H3;3-5H2,1-2H3;1-2H3. The molecule has 3 rings (SSSR count). The first-order valence-electron chi connectivity index (χ1n) is 12.0. The van der Waals surface area contributed by atoms with Crippen LogP contribution in [0, 0.1) is 0 Å². The third-order valence-electron chi connectivity index (χ3n) is 4.91. The number of fused-ring (bicyclic) bond motifs is 1. The quantitative estimate of drug-likeness (QED) is 0.219. The Bertz CT molecular complexity index is 941. The lowest BCUT2D eigenvalue weighted by molar-refractivity contribution is 0.194. The van der Waals surface area contributed by atoms with Gasteiger partial charge in [0.15, 0.2) is 0 Å². The van der Waals surface area contributed by atoms with E-state index in [0.29, 0.717) is 0 Å². The van der Waals surface area contributed by atoms with Crippen molar-refractivity contribution in [3.63, 3.8) is 0 Å². The van der Waals surface area contributed by atoms with Crippen LogP contribution in [0.25, 0.3) is 11.0 Å². The molecule has 0 saturated carbocycles. The molecule has 0 atom stereocenters. The Morgan fingerprint density at radius 1 is 1.06 bits per heavy atom. The highest BCUT2D eigenvalue weighted by atomic mass is 32.2. The van der Waals surface area contributed by atoms with Crippen molar-refractivity contribution in [1.82, 2.24) is 9.55 Å². The van der Waals surface area contributed by atoms with Crippen molar-refractivity contribution in [3.8, 4) is 0 Å². The van der Waals surface area contributed by atoms with Gasteiger partial charge in [-0.15, -0.1) is 0 Å². The molecule has 33 heavy (non-hydrogen) atoms. The molecule has 6 heteroatoms. The monoisotopic (exact) mass is 472 g/mol. The van der Waals surface area contributed by atoms with Gasteiger partial charge in [-0.3, -0.25) is 0 Å². The fourth-order valence-corrected chi connectivity index (χ4v) is 4.03. The minimum Gasteiger partial charge on any atom is -0.399 e. The Kier molecular flexibility index (Phi) is 12.4. The second kappa shape index (κ2) is 14.2. The van der Waals surface area contributed by atoms with Gasteiger partial charge >= 0.3 is 0 Å². The third kappa shape index (κ3) is 8.59. The van der Waals surface area contributed by atoms with Crippen LogP contribution in [0.4, 0.5) is 11.4 Å². The third-order valence-corrected chi connectivity index (χ3v) is 5.87. The van der Waals surface area contributed by atoms with Crippen LogP contribution >= 0.6 is 11.9 Å². The first-order chi connectivity index (χ1) is 15.7. The van der Waals surface area contributed by atoms with E-state index < -0.39 is 0 Å². The molecule has 0 radical (unpaired) electrons. The Balaban J connectivity index is 0.000000593. The first kappa shape index (κ1) is 28.9. The molecule has 1 heterocycles. The first-order valence-corrected chi connectivity index (χ1v) is 12.8.